The van der Waals surface area contributed by atoms with E-state index >= 15 is 0 Å². The number of halogens is 1. The van der Waals surface area contributed by atoms with E-state index in [2.05, 4.69) is 0 Å². The smallest absolute Gasteiger partial charge is 0.276 e. The summed E-state index contributed by atoms with van der Waals surface area (Å²) < 4.78 is 24.3. The second kappa shape index (κ2) is 4.78. The first-order valence-corrected chi connectivity index (χ1v) is 7.84. The predicted octanol–water partition coefficient (Wildman–Crippen LogP) is 2.85. The summed E-state index contributed by atoms with van der Waals surface area (Å²) in [5.41, 5.74) is 3.29. The minimum absolute atomic E-state index is 0.132. The lowest BCUT2D eigenvalue weighted by Gasteiger charge is -2.08. The molecule has 0 N–H and O–H groups in total. The Balaban J connectivity index is 2.38. The highest BCUT2D eigenvalue weighted by Gasteiger charge is 2.16. The zero-order chi connectivity index (χ0) is 13.3. The summed E-state index contributed by atoms with van der Waals surface area (Å²) in [6, 6.07) is 11.4. The van der Waals surface area contributed by atoms with Crippen LogP contribution in [0.1, 0.15) is 16.8 Å². The van der Waals surface area contributed by atoms with Gasteiger partial charge in [-0.05, 0) is 30.2 Å². The molecule has 0 aliphatic rings. The van der Waals surface area contributed by atoms with Crippen LogP contribution < -0.4 is 0 Å². The molecule has 0 saturated carbocycles. The van der Waals surface area contributed by atoms with Gasteiger partial charge in [-0.3, -0.25) is 0 Å². The Morgan fingerprint density at radius 3 is 2.39 bits per heavy atom. The van der Waals surface area contributed by atoms with E-state index in [4.69, 9.17) is 10.7 Å². The van der Waals surface area contributed by atoms with E-state index in [1.54, 1.807) is 17.7 Å². The van der Waals surface area contributed by atoms with Gasteiger partial charge in [0.05, 0.1) is 0 Å². The molecule has 1 heterocycles. The largest absolute Gasteiger partial charge is 0.338 e. The third-order valence-electron chi connectivity index (χ3n) is 3.06. The fourth-order valence-electron chi connectivity index (χ4n) is 1.96. The van der Waals surface area contributed by atoms with Gasteiger partial charge in [-0.1, -0.05) is 24.3 Å². The quantitative estimate of drug-likeness (QED) is 0.813. The summed E-state index contributed by atoms with van der Waals surface area (Å²) >= 11 is 0. The lowest BCUT2D eigenvalue weighted by Crippen LogP contribution is -2.04. The van der Waals surface area contributed by atoms with Crippen LogP contribution in [0.2, 0.25) is 0 Å². The van der Waals surface area contributed by atoms with Gasteiger partial charge in [0.1, 0.15) is 0 Å². The SMILES string of the molecule is Cc1ccccc1Cc1ccc(S(=O)(=O)Cl)n1C. The van der Waals surface area contributed by atoms with Crippen LogP contribution in [0.25, 0.3) is 0 Å². The molecule has 18 heavy (non-hydrogen) atoms. The number of aromatic nitrogens is 1. The number of benzene rings is 1. The summed E-state index contributed by atoms with van der Waals surface area (Å²) in [4.78, 5) is 0. The molecule has 2 rings (SSSR count). The third kappa shape index (κ3) is 2.60. The summed E-state index contributed by atoms with van der Waals surface area (Å²) in [6.07, 6.45) is 0.690. The Morgan fingerprint density at radius 1 is 1.17 bits per heavy atom. The van der Waals surface area contributed by atoms with Crippen molar-refractivity contribution >= 4 is 19.7 Å². The number of nitrogens with zero attached hydrogens (tertiary/aromatic N) is 1. The molecule has 0 amide bonds. The molecule has 0 fully saturated rings. The van der Waals surface area contributed by atoms with E-state index in [9.17, 15) is 8.42 Å². The molecule has 3 nitrogen and oxygen atoms in total. The summed E-state index contributed by atoms with van der Waals surface area (Å²) in [5, 5.41) is 0.132. The van der Waals surface area contributed by atoms with Gasteiger partial charge in [-0.15, -0.1) is 0 Å². The standard InChI is InChI=1S/C13H14ClNO2S/c1-10-5-3-4-6-11(10)9-12-7-8-13(15(12)2)18(14,16)17/h3-8H,9H2,1-2H3. The van der Waals surface area contributed by atoms with Gasteiger partial charge in [-0.2, -0.15) is 0 Å². The fraction of sp³-hybridized carbons (Fsp3) is 0.231. The van der Waals surface area contributed by atoms with Gasteiger partial charge < -0.3 is 4.57 Å². The molecule has 0 radical (unpaired) electrons. The van der Waals surface area contributed by atoms with Gasteiger partial charge in [0.15, 0.2) is 5.03 Å². The Kier molecular flexibility index (Phi) is 3.50. The van der Waals surface area contributed by atoms with Crippen LogP contribution >= 0.6 is 10.7 Å². The first kappa shape index (κ1) is 13.2. The molecule has 0 atom stereocenters. The van der Waals surface area contributed by atoms with Gasteiger partial charge in [0.25, 0.3) is 9.05 Å². The maximum atomic E-state index is 11.3. The average molecular weight is 284 g/mol. The zero-order valence-electron chi connectivity index (χ0n) is 10.2. The van der Waals surface area contributed by atoms with Crippen molar-refractivity contribution in [2.45, 2.75) is 18.4 Å². The average Bonchev–Trinajstić information content (AvgIpc) is 2.63. The molecule has 1 aromatic heterocycles. The van der Waals surface area contributed by atoms with Gasteiger partial charge in [0, 0.05) is 29.8 Å². The monoisotopic (exact) mass is 283 g/mol. The van der Waals surface area contributed by atoms with E-state index in [0.717, 1.165) is 5.69 Å². The van der Waals surface area contributed by atoms with Crippen molar-refractivity contribution in [1.82, 2.24) is 4.57 Å². The number of aryl methyl sites for hydroxylation is 1. The second-order valence-electron chi connectivity index (χ2n) is 4.26. The normalized spacial score (nSPS) is 11.7. The minimum atomic E-state index is -3.68. The van der Waals surface area contributed by atoms with Crippen molar-refractivity contribution in [1.29, 1.82) is 0 Å². The highest BCUT2D eigenvalue weighted by atomic mass is 35.7. The second-order valence-corrected chi connectivity index (χ2v) is 6.78. The van der Waals surface area contributed by atoms with Gasteiger partial charge in [-0.25, -0.2) is 8.42 Å². The first-order chi connectivity index (χ1) is 8.39. The topological polar surface area (TPSA) is 39.1 Å². The molecule has 0 bridgehead atoms. The van der Waals surface area contributed by atoms with Crippen molar-refractivity contribution in [3.8, 4) is 0 Å². The molecule has 96 valence electrons. The molecule has 0 unspecified atom stereocenters. The van der Waals surface area contributed by atoms with Crippen molar-refractivity contribution in [2.24, 2.45) is 7.05 Å². The number of hydrogen-bond donors (Lipinski definition) is 0. The number of hydrogen-bond acceptors (Lipinski definition) is 2. The Bertz CT molecular complexity index is 674. The van der Waals surface area contributed by atoms with Crippen LogP contribution in [-0.2, 0) is 22.5 Å². The molecule has 0 aliphatic heterocycles. The molecule has 5 heteroatoms. The highest BCUT2D eigenvalue weighted by Crippen LogP contribution is 2.20. The van der Waals surface area contributed by atoms with Crippen molar-refractivity contribution in [3.05, 3.63) is 53.2 Å². The van der Waals surface area contributed by atoms with Crippen LogP contribution in [0.3, 0.4) is 0 Å². The Morgan fingerprint density at radius 2 is 1.83 bits per heavy atom. The van der Waals surface area contributed by atoms with Crippen molar-refractivity contribution < 1.29 is 8.42 Å². The maximum Gasteiger partial charge on any atom is 0.276 e. The molecule has 1 aromatic carbocycles. The van der Waals surface area contributed by atoms with Crippen LogP contribution in [0.5, 0.6) is 0 Å². The van der Waals surface area contributed by atoms with Crippen molar-refractivity contribution in [2.75, 3.05) is 0 Å². The summed E-state index contributed by atoms with van der Waals surface area (Å²) in [6.45, 7) is 2.04. The molecule has 0 saturated heterocycles. The van der Waals surface area contributed by atoms with Gasteiger partial charge >= 0.3 is 0 Å². The van der Waals surface area contributed by atoms with Crippen LogP contribution in [0.15, 0.2) is 41.4 Å². The maximum absolute atomic E-state index is 11.3. The zero-order valence-corrected chi connectivity index (χ0v) is 11.8. The third-order valence-corrected chi connectivity index (χ3v) is 4.45. The molecule has 0 spiro atoms. The predicted molar refractivity (Wildman–Crippen MR) is 72.4 cm³/mol. The molecular formula is C13H14ClNO2S. The van der Waals surface area contributed by atoms with Crippen LogP contribution in [-0.4, -0.2) is 13.0 Å². The first-order valence-electron chi connectivity index (χ1n) is 5.53. The highest BCUT2D eigenvalue weighted by molar-refractivity contribution is 8.13. The van der Waals surface area contributed by atoms with E-state index < -0.39 is 9.05 Å². The number of rotatable bonds is 3. The van der Waals surface area contributed by atoms with E-state index in [-0.39, 0.29) is 5.03 Å². The summed E-state index contributed by atoms with van der Waals surface area (Å²) in [7, 11) is 3.39. The fourth-order valence-corrected chi connectivity index (χ4v) is 3.10. The molecule has 0 aliphatic carbocycles. The lowest BCUT2D eigenvalue weighted by atomic mass is 10.0. The lowest BCUT2D eigenvalue weighted by molar-refractivity contribution is 0.598. The minimum Gasteiger partial charge on any atom is -0.338 e. The van der Waals surface area contributed by atoms with E-state index in [1.165, 1.54) is 17.2 Å². The Hall–Kier alpha value is -1.26. The molecular weight excluding hydrogens is 270 g/mol. The van der Waals surface area contributed by atoms with Gasteiger partial charge in [0.2, 0.25) is 0 Å². The Labute approximate surface area is 111 Å². The summed E-state index contributed by atoms with van der Waals surface area (Å²) in [5.74, 6) is 0. The van der Waals surface area contributed by atoms with Crippen LogP contribution in [0, 0.1) is 6.92 Å². The molecule has 2 aromatic rings. The van der Waals surface area contributed by atoms with Crippen LogP contribution in [0.4, 0.5) is 0 Å². The van der Waals surface area contributed by atoms with Crippen molar-refractivity contribution in [3.63, 3.8) is 0 Å². The van der Waals surface area contributed by atoms with E-state index in [0.29, 0.717) is 6.42 Å². The van der Waals surface area contributed by atoms with E-state index in [1.807, 2.05) is 31.2 Å².